The molecule has 1 aromatic heterocycles. The number of sulfonamides is 1. The predicted molar refractivity (Wildman–Crippen MR) is 86.9 cm³/mol. The highest BCUT2D eigenvalue weighted by Crippen LogP contribution is 2.25. The number of aryl methyl sites for hydroxylation is 1. The number of benzene rings is 1. The van der Waals surface area contributed by atoms with E-state index in [0.29, 0.717) is 10.7 Å². The average Bonchev–Trinajstić information content (AvgIpc) is 2.79. The Labute approximate surface area is 132 Å². The smallest absolute Gasteiger partial charge is 0.267 e. The molecular weight excluding hydrogens is 332 g/mol. The molecule has 2 aromatic rings. The minimum atomic E-state index is -3.43. The van der Waals surface area contributed by atoms with Gasteiger partial charge in [0.25, 0.3) is 5.91 Å². The molecular formula is C13H13ClN2O3S2. The molecule has 21 heavy (non-hydrogen) atoms. The second kappa shape index (κ2) is 6.05. The number of rotatable bonds is 4. The van der Waals surface area contributed by atoms with E-state index >= 15 is 0 Å². The Hall–Kier alpha value is -1.57. The molecule has 0 aliphatic rings. The van der Waals surface area contributed by atoms with E-state index in [9.17, 15) is 13.2 Å². The van der Waals surface area contributed by atoms with Crippen molar-refractivity contribution >= 4 is 50.2 Å². The summed E-state index contributed by atoms with van der Waals surface area (Å²) < 4.78 is 24.8. The summed E-state index contributed by atoms with van der Waals surface area (Å²) in [6.45, 7) is 1.86. The molecule has 0 spiro atoms. The van der Waals surface area contributed by atoms with Crippen molar-refractivity contribution in [2.75, 3.05) is 16.3 Å². The molecule has 0 saturated carbocycles. The summed E-state index contributed by atoms with van der Waals surface area (Å²) in [5.74, 6) is -0.393. The Bertz CT molecular complexity index is 784. The molecule has 0 radical (unpaired) electrons. The van der Waals surface area contributed by atoms with E-state index in [1.807, 2.05) is 6.92 Å². The standard InChI is InChI=1S/C13H13ClN2O3S2/c1-8-3-4-9(7-10(8)14)15-13(17)12-11(5-6-20-12)16-21(2,18)19/h3-7,16H,1-2H3,(H,15,17). The van der Waals surface area contributed by atoms with E-state index in [2.05, 4.69) is 10.0 Å². The first-order valence-corrected chi connectivity index (χ1v) is 9.04. The van der Waals surface area contributed by atoms with Crippen molar-refractivity contribution in [2.45, 2.75) is 6.92 Å². The summed E-state index contributed by atoms with van der Waals surface area (Å²) in [4.78, 5) is 12.5. The largest absolute Gasteiger partial charge is 0.321 e. The molecule has 2 rings (SSSR count). The van der Waals surface area contributed by atoms with Gasteiger partial charge in [-0.25, -0.2) is 8.42 Å². The van der Waals surface area contributed by atoms with Gasteiger partial charge in [-0.3, -0.25) is 9.52 Å². The zero-order valence-corrected chi connectivity index (χ0v) is 13.7. The third-order valence-electron chi connectivity index (χ3n) is 2.60. The molecule has 0 bridgehead atoms. The SMILES string of the molecule is Cc1ccc(NC(=O)c2sccc2NS(C)(=O)=O)cc1Cl. The molecule has 1 heterocycles. The third-order valence-corrected chi connectivity index (χ3v) is 4.51. The van der Waals surface area contributed by atoms with Crippen LogP contribution in [0.5, 0.6) is 0 Å². The molecule has 0 fully saturated rings. The Balaban J connectivity index is 2.21. The van der Waals surface area contributed by atoms with Crippen LogP contribution in [0.3, 0.4) is 0 Å². The monoisotopic (exact) mass is 344 g/mol. The van der Waals surface area contributed by atoms with E-state index in [1.165, 1.54) is 0 Å². The number of hydrogen-bond acceptors (Lipinski definition) is 4. The molecule has 5 nitrogen and oxygen atoms in total. The number of thiophene rings is 1. The van der Waals surface area contributed by atoms with Gasteiger partial charge in [0.15, 0.2) is 0 Å². The highest BCUT2D eigenvalue weighted by Gasteiger charge is 2.16. The summed E-state index contributed by atoms with van der Waals surface area (Å²) in [6, 6.07) is 6.72. The lowest BCUT2D eigenvalue weighted by Gasteiger charge is -2.08. The first-order chi connectivity index (χ1) is 9.76. The quantitative estimate of drug-likeness (QED) is 0.893. The second-order valence-corrected chi connectivity index (χ2v) is 7.53. The van der Waals surface area contributed by atoms with Gasteiger partial charge in [-0.1, -0.05) is 17.7 Å². The Morgan fingerprint density at radius 3 is 2.62 bits per heavy atom. The average molecular weight is 345 g/mol. The number of carbonyl (C=O) groups is 1. The number of carbonyl (C=O) groups excluding carboxylic acids is 1. The number of nitrogens with one attached hydrogen (secondary N) is 2. The van der Waals surface area contributed by atoms with E-state index in [-0.39, 0.29) is 10.6 Å². The fourth-order valence-corrected chi connectivity index (χ4v) is 3.18. The van der Waals surface area contributed by atoms with Gasteiger partial charge >= 0.3 is 0 Å². The van der Waals surface area contributed by atoms with E-state index in [0.717, 1.165) is 23.2 Å². The van der Waals surface area contributed by atoms with Crippen LogP contribution in [0, 0.1) is 6.92 Å². The van der Waals surface area contributed by atoms with Gasteiger partial charge in [-0.05, 0) is 36.1 Å². The van der Waals surface area contributed by atoms with Gasteiger partial charge in [0.2, 0.25) is 10.0 Å². The van der Waals surface area contributed by atoms with Crippen LogP contribution in [0.2, 0.25) is 5.02 Å². The number of amides is 1. The lowest BCUT2D eigenvalue weighted by atomic mass is 10.2. The van der Waals surface area contributed by atoms with Crippen LogP contribution in [0.4, 0.5) is 11.4 Å². The van der Waals surface area contributed by atoms with E-state index in [4.69, 9.17) is 11.6 Å². The molecule has 0 unspecified atom stereocenters. The highest BCUT2D eigenvalue weighted by atomic mass is 35.5. The Morgan fingerprint density at radius 1 is 1.29 bits per heavy atom. The van der Waals surface area contributed by atoms with Gasteiger partial charge in [0.05, 0.1) is 11.9 Å². The fourth-order valence-electron chi connectivity index (χ4n) is 1.62. The maximum absolute atomic E-state index is 12.2. The van der Waals surface area contributed by atoms with Gasteiger partial charge in [-0.15, -0.1) is 11.3 Å². The number of hydrogen-bond donors (Lipinski definition) is 2. The van der Waals surface area contributed by atoms with E-state index < -0.39 is 15.9 Å². The molecule has 0 atom stereocenters. The normalized spacial score (nSPS) is 11.2. The van der Waals surface area contributed by atoms with Crippen molar-refractivity contribution in [3.8, 4) is 0 Å². The second-order valence-electron chi connectivity index (χ2n) is 4.46. The van der Waals surface area contributed by atoms with Crippen LogP contribution in [0.1, 0.15) is 15.2 Å². The third kappa shape index (κ3) is 4.20. The van der Waals surface area contributed by atoms with Crippen LogP contribution in [-0.2, 0) is 10.0 Å². The zero-order valence-electron chi connectivity index (χ0n) is 11.3. The summed E-state index contributed by atoms with van der Waals surface area (Å²) in [5.41, 5.74) is 1.72. The minimum absolute atomic E-state index is 0.262. The fraction of sp³-hybridized carbons (Fsp3) is 0.154. The molecule has 0 saturated heterocycles. The van der Waals surface area contributed by atoms with Crippen LogP contribution in [0.25, 0.3) is 0 Å². The predicted octanol–water partition coefficient (Wildman–Crippen LogP) is 3.33. The summed E-state index contributed by atoms with van der Waals surface area (Å²) in [7, 11) is -3.43. The minimum Gasteiger partial charge on any atom is -0.321 e. The summed E-state index contributed by atoms with van der Waals surface area (Å²) in [5, 5.41) is 4.88. The lowest BCUT2D eigenvalue weighted by Crippen LogP contribution is -2.15. The van der Waals surface area contributed by atoms with Crippen LogP contribution in [-0.4, -0.2) is 20.6 Å². The van der Waals surface area contributed by atoms with Crippen molar-refractivity contribution in [3.63, 3.8) is 0 Å². The van der Waals surface area contributed by atoms with Crippen molar-refractivity contribution in [2.24, 2.45) is 0 Å². The summed E-state index contributed by atoms with van der Waals surface area (Å²) in [6.07, 6.45) is 1.03. The molecule has 8 heteroatoms. The van der Waals surface area contributed by atoms with Gasteiger partial charge in [0.1, 0.15) is 4.88 Å². The molecule has 112 valence electrons. The van der Waals surface area contributed by atoms with Crippen molar-refractivity contribution in [3.05, 3.63) is 45.1 Å². The van der Waals surface area contributed by atoms with Gasteiger partial charge in [-0.2, -0.15) is 0 Å². The maximum atomic E-state index is 12.2. The van der Waals surface area contributed by atoms with Crippen LogP contribution >= 0.6 is 22.9 Å². The molecule has 1 aromatic carbocycles. The molecule has 2 N–H and O–H groups in total. The highest BCUT2D eigenvalue weighted by molar-refractivity contribution is 7.92. The number of anilines is 2. The van der Waals surface area contributed by atoms with Crippen molar-refractivity contribution in [1.82, 2.24) is 0 Å². The van der Waals surface area contributed by atoms with Crippen molar-refractivity contribution in [1.29, 1.82) is 0 Å². The topological polar surface area (TPSA) is 75.3 Å². The number of halogens is 1. The Kier molecular flexibility index (Phi) is 4.55. The van der Waals surface area contributed by atoms with E-state index in [1.54, 1.807) is 29.6 Å². The van der Waals surface area contributed by atoms with Crippen LogP contribution < -0.4 is 10.0 Å². The Morgan fingerprint density at radius 2 is 2.00 bits per heavy atom. The van der Waals surface area contributed by atoms with Gasteiger partial charge < -0.3 is 5.32 Å². The zero-order chi connectivity index (χ0) is 15.6. The molecule has 0 aliphatic carbocycles. The molecule has 1 amide bonds. The first kappa shape index (κ1) is 15.8. The maximum Gasteiger partial charge on any atom is 0.267 e. The first-order valence-electron chi connectivity index (χ1n) is 5.89. The van der Waals surface area contributed by atoms with Gasteiger partial charge in [0, 0.05) is 10.7 Å². The van der Waals surface area contributed by atoms with Crippen LogP contribution in [0.15, 0.2) is 29.6 Å². The molecule has 0 aliphatic heterocycles. The lowest BCUT2D eigenvalue weighted by molar-refractivity contribution is 0.103. The summed E-state index contributed by atoms with van der Waals surface area (Å²) >= 11 is 7.15. The van der Waals surface area contributed by atoms with Crippen molar-refractivity contribution < 1.29 is 13.2 Å².